The Hall–Kier alpha value is -7.89. The van der Waals surface area contributed by atoms with Crippen molar-refractivity contribution in [3.8, 4) is 0 Å². The molecule has 6 aromatic carbocycles. The van der Waals surface area contributed by atoms with Crippen LogP contribution in [0.1, 0.15) is 53.0 Å². The molecule has 1 saturated heterocycles. The number of fused-ring (bicyclic) bond motifs is 2. The van der Waals surface area contributed by atoms with Gasteiger partial charge in [-0.05, 0) is 31.2 Å². The van der Waals surface area contributed by atoms with Crippen LogP contribution in [0.25, 0.3) is 22.3 Å². The van der Waals surface area contributed by atoms with Gasteiger partial charge >= 0.3 is 12.3 Å². The van der Waals surface area contributed by atoms with E-state index in [4.69, 9.17) is 48.0 Å². The highest BCUT2D eigenvalue weighted by atomic mass is 127. The van der Waals surface area contributed by atoms with Crippen molar-refractivity contribution in [2.75, 3.05) is 38.3 Å². The van der Waals surface area contributed by atoms with Gasteiger partial charge in [0.2, 0.25) is 6.23 Å². The average molecular weight is 1510 g/mol. The third-order valence-corrected chi connectivity index (χ3v) is 28.6. The van der Waals surface area contributed by atoms with E-state index in [2.05, 4.69) is 130 Å². The molecule has 0 aliphatic carbocycles. The van der Waals surface area contributed by atoms with Gasteiger partial charge in [0.15, 0.2) is 58.8 Å². The van der Waals surface area contributed by atoms with Gasteiger partial charge in [0.25, 0.3) is 0 Å². The maximum atomic E-state index is 15.9. The molecule has 10 atom stereocenters. The highest BCUT2D eigenvalue weighted by Gasteiger charge is 2.47. The Bertz CT molecular complexity index is 4270. The Morgan fingerprint density at radius 2 is 0.897 bits per heavy atom. The van der Waals surface area contributed by atoms with Gasteiger partial charge in [-0.2, -0.15) is 19.2 Å². The van der Waals surface area contributed by atoms with Crippen molar-refractivity contribution in [3.63, 3.8) is 0 Å². The average Bonchev–Trinajstić information content (AvgIpc) is 1.67. The summed E-state index contributed by atoms with van der Waals surface area (Å²) in [5.41, 5.74) is 1.84. The molecular weight excluding hydrogens is 1430 g/mol. The zero-order valence-electron chi connectivity index (χ0n) is 54.2. The molecule has 1 N–H and O–H groups in total. The van der Waals surface area contributed by atoms with Crippen LogP contribution in [0.15, 0.2) is 229 Å². The van der Waals surface area contributed by atoms with Gasteiger partial charge in [-0.3, -0.25) is 9.13 Å². The Labute approximate surface area is 575 Å². The molecule has 27 heteroatoms. The van der Waals surface area contributed by atoms with E-state index < -0.39 is 63.4 Å². The van der Waals surface area contributed by atoms with Gasteiger partial charge in [-0.25, -0.2) is 48.2 Å². The second-order valence-electron chi connectivity index (χ2n) is 23.2. The standard InChI is InChI=1S/C34H37FIN5O3P2.C27H21FN5OP.C7H17O2P.2CO2/c1-4-24(2)20-45(3,42)23-43-34-29(36)28(35)33(44-34)41-22-39-30-31(37-21-38-32(30)41)40-46(25-14-8-5-9-15-25,26-16-10-6-11-17-26)27-18-12-7-13-19-27;28-23-16-17-34-27(23)33-19-31-24-25(29-18-30-26(24)33)32-35(20-10-4-1-5-11-20,21-12-6-2-7-13-21)22-14-8-3-9-15-22;1-4-7(2)5-10(3,9)6-8;2*2-1-3/h5-19,21-22,24,28-29,33-34H,4,20,23H2,1-3H3;1-19,23,27H;7-8H,4-6H2,1-3H3;;/t24-,28-,29-,33+,34-,45-;23-,27+;7-,10-;;/m000../s1. The van der Waals surface area contributed by atoms with E-state index in [0.29, 0.717) is 58.1 Å². The summed E-state index contributed by atoms with van der Waals surface area (Å²) >= 11 is 2.02. The maximum absolute atomic E-state index is 15.9. The van der Waals surface area contributed by atoms with Gasteiger partial charge in [0, 0.05) is 44.2 Å². The number of halogens is 3. The minimum Gasteiger partial charge on any atom is -0.474 e. The summed E-state index contributed by atoms with van der Waals surface area (Å²) in [5, 5.41) is 15.2. The Balaban J connectivity index is 0.000000207. The molecule has 506 valence electrons. The smallest absolute Gasteiger partial charge is 0.373 e. The molecular formula is C70H75F2IN10O10P4. The molecule has 4 aromatic heterocycles. The first-order chi connectivity index (χ1) is 46.8. The number of alkyl halides is 3. The molecule has 0 spiro atoms. The summed E-state index contributed by atoms with van der Waals surface area (Å²) in [6, 6.07) is 61.6. The number of nitrogens with zero attached hydrogens (tertiary/aromatic N) is 10. The van der Waals surface area contributed by atoms with Gasteiger partial charge in [-0.15, -0.1) is 0 Å². The molecule has 0 unspecified atom stereocenters. The highest BCUT2D eigenvalue weighted by Crippen LogP contribution is 2.52. The first kappa shape index (κ1) is 74.9. The number of aliphatic hydroxyl groups excluding tert-OH is 1. The quantitative estimate of drug-likeness (QED) is 0.0422. The third kappa shape index (κ3) is 18.3. The lowest BCUT2D eigenvalue weighted by Gasteiger charge is -2.26. The zero-order chi connectivity index (χ0) is 69.6. The molecule has 0 amide bonds. The van der Waals surface area contributed by atoms with Crippen molar-refractivity contribution in [2.24, 2.45) is 21.3 Å². The maximum Gasteiger partial charge on any atom is 0.373 e. The second kappa shape index (κ2) is 35.6. The lowest BCUT2D eigenvalue weighted by Crippen LogP contribution is -2.25. The summed E-state index contributed by atoms with van der Waals surface area (Å²) in [7, 11) is -9.93. The molecule has 0 bridgehead atoms. The van der Waals surface area contributed by atoms with E-state index in [9.17, 15) is 13.5 Å². The number of aromatic nitrogens is 8. The molecule has 6 heterocycles. The Kier molecular flexibility index (Phi) is 27.5. The van der Waals surface area contributed by atoms with Crippen molar-refractivity contribution >= 4 is 129 Å². The third-order valence-electron chi connectivity index (χ3n) is 16.0. The molecule has 10 aromatic rings. The van der Waals surface area contributed by atoms with E-state index >= 15 is 4.39 Å². The monoisotopic (exact) mass is 1500 g/mol. The molecule has 1 fully saturated rings. The number of aliphatic hydroxyl groups is 1. The van der Waals surface area contributed by atoms with E-state index in [0.717, 1.165) is 44.7 Å². The number of imidazole rings is 2. The molecule has 12 rings (SSSR count). The fraction of sp³-hybridized carbons (Fsp3) is 0.286. The van der Waals surface area contributed by atoms with Crippen LogP contribution in [0.3, 0.4) is 0 Å². The van der Waals surface area contributed by atoms with Crippen LogP contribution in [-0.4, -0.2) is 117 Å². The van der Waals surface area contributed by atoms with Crippen LogP contribution in [0.5, 0.6) is 0 Å². The predicted molar refractivity (Wildman–Crippen MR) is 385 cm³/mol. The fourth-order valence-electron chi connectivity index (χ4n) is 11.0. The van der Waals surface area contributed by atoms with E-state index in [1.165, 1.54) is 37.6 Å². The predicted octanol–water partition coefficient (Wildman–Crippen LogP) is 13.5. The molecule has 0 radical (unpaired) electrons. The van der Waals surface area contributed by atoms with Gasteiger partial charge < -0.3 is 28.4 Å². The van der Waals surface area contributed by atoms with Crippen molar-refractivity contribution in [3.05, 3.63) is 220 Å². The summed E-state index contributed by atoms with van der Waals surface area (Å²) in [6.07, 6.45) is 6.92. The summed E-state index contributed by atoms with van der Waals surface area (Å²) in [5.74, 6) is 1.67. The van der Waals surface area contributed by atoms with Crippen molar-refractivity contribution in [1.29, 1.82) is 0 Å². The van der Waals surface area contributed by atoms with E-state index in [1.807, 2.05) is 132 Å². The number of hydrogen-bond acceptors (Lipinski definition) is 18. The van der Waals surface area contributed by atoms with Gasteiger partial charge in [-0.1, -0.05) is 245 Å². The van der Waals surface area contributed by atoms with Gasteiger partial charge in [0.05, 0.1) is 37.0 Å². The Morgan fingerprint density at radius 1 is 0.557 bits per heavy atom. The number of carbonyl (C=O) groups excluding carboxylic acids is 4. The van der Waals surface area contributed by atoms with E-state index in [1.54, 1.807) is 22.5 Å². The first-order valence-corrected chi connectivity index (χ1v) is 40.8. The molecule has 20 nitrogen and oxygen atoms in total. The molecule has 2 aliphatic heterocycles. The number of rotatable bonds is 20. The minimum atomic E-state index is -2.63. The number of hydrogen-bond donors (Lipinski definition) is 1. The summed E-state index contributed by atoms with van der Waals surface area (Å²) in [4.78, 5) is 59.8. The normalized spacial score (nSPS) is 18.9. The molecule has 0 saturated carbocycles. The van der Waals surface area contributed by atoms with Crippen LogP contribution >= 0.6 is 51.0 Å². The van der Waals surface area contributed by atoms with Gasteiger partial charge in [0.1, 0.15) is 39.6 Å². The fourth-order valence-corrected chi connectivity index (χ4v) is 22.6. The highest BCUT2D eigenvalue weighted by molar-refractivity contribution is 14.1. The van der Waals surface area contributed by atoms with Crippen LogP contribution in [0, 0.1) is 11.8 Å². The lowest BCUT2D eigenvalue weighted by atomic mass is 10.2. The van der Waals surface area contributed by atoms with Crippen LogP contribution < -0.4 is 31.8 Å². The van der Waals surface area contributed by atoms with Crippen LogP contribution in [-0.2, 0) is 42.5 Å². The van der Waals surface area contributed by atoms with E-state index in [-0.39, 0.29) is 25.0 Å². The summed E-state index contributed by atoms with van der Waals surface area (Å²) in [6.45, 7) is 11.7. The van der Waals surface area contributed by atoms with Crippen LogP contribution in [0.2, 0.25) is 0 Å². The molecule has 97 heavy (non-hydrogen) atoms. The van der Waals surface area contributed by atoms with Crippen LogP contribution in [0.4, 0.5) is 20.4 Å². The zero-order valence-corrected chi connectivity index (χ0v) is 59.9. The largest absolute Gasteiger partial charge is 0.474 e. The lowest BCUT2D eigenvalue weighted by molar-refractivity contribution is -0.193. The summed E-state index contributed by atoms with van der Waals surface area (Å²) < 4.78 is 85.7. The SMILES string of the molecule is CC[C@H](C)C[P@](C)(=O)CO.CC[C@H](C)C[P@](C)(=O)CO[C@H]1O[C@@H](n2cnc3c(N=P(c4ccccc4)(c4ccccc4)c4ccccc4)ncnc32)[C@@H](F)[C@@H]1I.F[C@H]1C=CO[C@H]1n1cnc2c(N=P(c3ccccc3)(c3ccccc3)c3ccccc3)ncnc21.O=C=O.O=C=O. The van der Waals surface area contributed by atoms with Crippen molar-refractivity contribution < 1.29 is 56.4 Å². The Morgan fingerprint density at radius 3 is 1.22 bits per heavy atom. The minimum absolute atomic E-state index is 0.0427. The number of ether oxygens (including phenoxy) is 3. The molecule has 2 aliphatic rings. The number of benzene rings is 6. The topological polar surface area (TPSA) is 262 Å². The van der Waals surface area contributed by atoms with Crippen molar-refractivity contribution in [2.45, 2.75) is 75.6 Å². The first-order valence-electron chi connectivity index (χ1n) is 31.0. The second-order valence-corrected chi connectivity index (χ2v) is 37.1. The van der Waals surface area contributed by atoms with Crippen molar-refractivity contribution in [1.82, 2.24) is 39.0 Å².